The second kappa shape index (κ2) is 9.86. The molecule has 0 unspecified atom stereocenters. The number of hydrazone groups is 1. The number of ether oxygens (including phenoxy) is 1. The molecule has 3 rings (SSSR count). The van der Waals surface area contributed by atoms with Crippen molar-refractivity contribution in [3.8, 4) is 5.69 Å². The highest BCUT2D eigenvalue weighted by atomic mass is 16.5. The average Bonchev–Trinajstić information content (AvgIpc) is 3.07. The molecule has 1 amide bonds. The lowest BCUT2D eigenvalue weighted by atomic mass is 10.1. The third-order valence-corrected chi connectivity index (χ3v) is 4.83. The fourth-order valence-corrected chi connectivity index (χ4v) is 3.32. The van der Waals surface area contributed by atoms with Crippen LogP contribution in [0.4, 0.5) is 0 Å². The summed E-state index contributed by atoms with van der Waals surface area (Å²) in [5.74, 6) is -0.980. The molecule has 160 valence electrons. The number of hydrogen-bond donors (Lipinski definition) is 2. The molecule has 31 heavy (non-hydrogen) atoms. The molecule has 0 bridgehead atoms. The third kappa shape index (κ3) is 5.07. The lowest BCUT2D eigenvalue weighted by molar-refractivity contribution is -0.129. The van der Waals surface area contributed by atoms with E-state index in [1.165, 1.54) is 6.21 Å². The number of carbonyl (C=O) groups is 2. The van der Waals surface area contributed by atoms with Crippen molar-refractivity contribution in [1.82, 2.24) is 9.99 Å². The standard InChI is InChI=1S/C24H25N3O4/c1-4-31-24(30)19-11-8-12-21(14-19)27-16(2)13-20(17(27)3)15-25-26-23(29)22(28)18-9-6-5-7-10-18/h5-15,22,28H,4H2,1-3H3,(H,26,29)/b25-15-/t22-/m1/s1. The largest absolute Gasteiger partial charge is 0.462 e. The predicted molar refractivity (Wildman–Crippen MR) is 118 cm³/mol. The number of carbonyl (C=O) groups excluding carboxylic acids is 2. The molecule has 0 aliphatic carbocycles. The highest BCUT2D eigenvalue weighted by Crippen LogP contribution is 2.21. The molecule has 0 saturated carbocycles. The lowest BCUT2D eigenvalue weighted by Crippen LogP contribution is -2.25. The smallest absolute Gasteiger partial charge is 0.338 e. The lowest BCUT2D eigenvalue weighted by Gasteiger charge is -2.11. The zero-order valence-electron chi connectivity index (χ0n) is 17.7. The summed E-state index contributed by atoms with van der Waals surface area (Å²) in [5.41, 5.74) is 6.80. The Hall–Kier alpha value is -3.71. The minimum Gasteiger partial charge on any atom is -0.462 e. The predicted octanol–water partition coefficient (Wildman–Crippen LogP) is 3.45. The molecule has 0 radical (unpaired) electrons. The van der Waals surface area contributed by atoms with Crippen LogP contribution < -0.4 is 5.43 Å². The molecule has 0 fully saturated rings. The van der Waals surface area contributed by atoms with Crippen LogP contribution in [0.2, 0.25) is 0 Å². The molecule has 0 spiro atoms. The highest BCUT2D eigenvalue weighted by molar-refractivity contribution is 5.90. The number of rotatable bonds is 7. The number of aryl methyl sites for hydroxylation is 1. The Kier molecular flexibility index (Phi) is 6.99. The van der Waals surface area contributed by atoms with Crippen LogP contribution in [0.25, 0.3) is 5.69 Å². The number of hydrogen-bond acceptors (Lipinski definition) is 5. The number of amides is 1. The van der Waals surface area contributed by atoms with Gasteiger partial charge in [0.2, 0.25) is 0 Å². The van der Waals surface area contributed by atoms with Gasteiger partial charge in [0.1, 0.15) is 0 Å². The Morgan fingerprint density at radius 3 is 2.58 bits per heavy atom. The van der Waals surface area contributed by atoms with E-state index in [9.17, 15) is 14.7 Å². The molecule has 2 aromatic carbocycles. The van der Waals surface area contributed by atoms with Crippen LogP contribution in [0.5, 0.6) is 0 Å². The van der Waals surface area contributed by atoms with Crippen LogP contribution in [0, 0.1) is 13.8 Å². The number of aromatic nitrogens is 1. The molecule has 0 aliphatic rings. The Labute approximate surface area is 181 Å². The molecule has 7 nitrogen and oxygen atoms in total. The maximum absolute atomic E-state index is 12.1. The quantitative estimate of drug-likeness (QED) is 0.348. The highest BCUT2D eigenvalue weighted by Gasteiger charge is 2.16. The number of nitrogens with zero attached hydrogens (tertiary/aromatic N) is 2. The van der Waals surface area contributed by atoms with Gasteiger partial charge in [-0.05, 0) is 50.6 Å². The van der Waals surface area contributed by atoms with E-state index in [2.05, 4.69) is 10.5 Å². The van der Waals surface area contributed by atoms with E-state index in [1.807, 2.05) is 36.6 Å². The molecule has 3 aromatic rings. The zero-order valence-corrected chi connectivity index (χ0v) is 17.7. The molecule has 2 N–H and O–H groups in total. The summed E-state index contributed by atoms with van der Waals surface area (Å²) in [4.78, 5) is 24.2. The van der Waals surface area contributed by atoms with Gasteiger partial charge >= 0.3 is 5.97 Å². The van der Waals surface area contributed by atoms with Crippen LogP contribution in [0.1, 0.15) is 45.9 Å². The van der Waals surface area contributed by atoms with Crippen molar-refractivity contribution in [1.29, 1.82) is 0 Å². The van der Waals surface area contributed by atoms with Gasteiger partial charge in [-0.25, -0.2) is 10.2 Å². The van der Waals surface area contributed by atoms with E-state index in [-0.39, 0.29) is 5.97 Å². The second-order valence-electron chi connectivity index (χ2n) is 6.98. The van der Waals surface area contributed by atoms with Gasteiger partial charge in [0.25, 0.3) is 5.91 Å². The van der Waals surface area contributed by atoms with Gasteiger partial charge in [0.05, 0.1) is 18.4 Å². The Bertz CT molecular complexity index is 1100. The van der Waals surface area contributed by atoms with Gasteiger partial charge in [0.15, 0.2) is 6.10 Å². The van der Waals surface area contributed by atoms with E-state index in [1.54, 1.807) is 49.4 Å². The molecule has 0 saturated heterocycles. The first kappa shape index (κ1) is 22.0. The van der Waals surface area contributed by atoms with E-state index >= 15 is 0 Å². The first-order valence-corrected chi connectivity index (χ1v) is 9.94. The molecule has 7 heteroatoms. The normalized spacial score (nSPS) is 12.0. The van der Waals surface area contributed by atoms with Gasteiger partial charge in [-0.15, -0.1) is 0 Å². The summed E-state index contributed by atoms with van der Waals surface area (Å²) in [5, 5.41) is 14.1. The van der Waals surface area contributed by atoms with Gasteiger partial charge in [0, 0.05) is 22.6 Å². The van der Waals surface area contributed by atoms with Crippen LogP contribution in [-0.4, -0.2) is 34.4 Å². The van der Waals surface area contributed by atoms with Gasteiger partial charge in [-0.3, -0.25) is 4.79 Å². The maximum Gasteiger partial charge on any atom is 0.338 e. The monoisotopic (exact) mass is 419 g/mol. The summed E-state index contributed by atoms with van der Waals surface area (Å²) < 4.78 is 7.07. The number of aliphatic hydroxyl groups excluding tert-OH is 1. The summed E-state index contributed by atoms with van der Waals surface area (Å²) in [6.07, 6.45) is 0.236. The van der Waals surface area contributed by atoms with E-state index in [0.29, 0.717) is 17.7 Å². The van der Waals surface area contributed by atoms with Crippen LogP contribution >= 0.6 is 0 Å². The number of nitrogens with one attached hydrogen (secondary N) is 1. The Morgan fingerprint density at radius 2 is 1.87 bits per heavy atom. The summed E-state index contributed by atoms with van der Waals surface area (Å²) in [6, 6.07) is 17.8. The van der Waals surface area contributed by atoms with Crippen molar-refractivity contribution in [3.05, 3.63) is 88.7 Å². The first-order chi connectivity index (χ1) is 14.9. The van der Waals surface area contributed by atoms with Crippen molar-refractivity contribution in [2.75, 3.05) is 6.61 Å². The third-order valence-electron chi connectivity index (χ3n) is 4.83. The van der Waals surface area contributed by atoms with Crippen molar-refractivity contribution >= 4 is 18.1 Å². The van der Waals surface area contributed by atoms with E-state index in [4.69, 9.17) is 4.74 Å². The SMILES string of the molecule is CCOC(=O)c1cccc(-n2c(C)cc(/C=N\NC(=O)[C@H](O)c3ccccc3)c2C)c1. The van der Waals surface area contributed by atoms with Crippen molar-refractivity contribution in [2.24, 2.45) is 5.10 Å². The molecule has 1 atom stereocenters. The summed E-state index contributed by atoms with van der Waals surface area (Å²) in [6.45, 7) is 5.95. The second-order valence-corrected chi connectivity index (χ2v) is 6.98. The topological polar surface area (TPSA) is 92.9 Å². The summed E-state index contributed by atoms with van der Waals surface area (Å²) >= 11 is 0. The fraction of sp³-hybridized carbons (Fsp3) is 0.208. The average molecular weight is 419 g/mol. The van der Waals surface area contributed by atoms with Gasteiger partial charge in [-0.1, -0.05) is 36.4 Å². The van der Waals surface area contributed by atoms with Gasteiger partial charge in [-0.2, -0.15) is 5.10 Å². The Morgan fingerprint density at radius 1 is 1.13 bits per heavy atom. The molecular weight excluding hydrogens is 394 g/mol. The molecule has 1 heterocycles. The first-order valence-electron chi connectivity index (χ1n) is 9.94. The minimum atomic E-state index is -1.30. The van der Waals surface area contributed by atoms with Crippen molar-refractivity contribution in [2.45, 2.75) is 26.9 Å². The zero-order chi connectivity index (χ0) is 22.4. The minimum absolute atomic E-state index is 0.315. The fourth-order valence-electron chi connectivity index (χ4n) is 3.32. The number of aliphatic hydroxyl groups is 1. The summed E-state index contributed by atoms with van der Waals surface area (Å²) in [7, 11) is 0. The van der Waals surface area contributed by atoms with E-state index < -0.39 is 12.0 Å². The maximum atomic E-state index is 12.1. The van der Waals surface area contributed by atoms with Crippen LogP contribution in [0.15, 0.2) is 65.8 Å². The Balaban J connectivity index is 1.77. The van der Waals surface area contributed by atoms with E-state index in [0.717, 1.165) is 22.6 Å². The molecule has 0 aliphatic heterocycles. The van der Waals surface area contributed by atoms with Crippen molar-refractivity contribution in [3.63, 3.8) is 0 Å². The van der Waals surface area contributed by atoms with Gasteiger partial charge < -0.3 is 14.4 Å². The number of esters is 1. The molecular formula is C24H25N3O4. The van der Waals surface area contributed by atoms with Crippen LogP contribution in [0.3, 0.4) is 0 Å². The van der Waals surface area contributed by atoms with Crippen molar-refractivity contribution < 1.29 is 19.4 Å². The molecule has 1 aromatic heterocycles. The van der Waals surface area contributed by atoms with Crippen LogP contribution in [-0.2, 0) is 9.53 Å². The number of benzene rings is 2.